The van der Waals surface area contributed by atoms with Crippen LogP contribution in [0.5, 0.6) is 0 Å². The van der Waals surface area contributed by atoms with E-state index in [1.165, 1.54) is 31.0 Å². The van der Waals surface area contributed by atoms with Crippen LogP contribution in [0.3, 0.4) is 0 Å². The van der Waals surface area contributed by atoms with Crippen molar-refractivity contribution in [3.8, 4) is 0 Å². The molecule has 1 aliphatic rings. The molecule has 0 aromatic heterocycles. The molecule has 1 aliphatic carbocycles. The predicted molar refractivity (Wildman–Crippen MR) is 70.9 cm³/mol. The van der Waals surface area contributed by atoms with E-state index in [2.05, 4.69) is 5.32 Å². The van der Waals surface area contributed by atoms with E-state index in [0.717, 1.165) is 12.3 Å². The van der Waals surface area contributed by atoms with Crippen LogP contribution in [-0.2, 0) is 4.79 Å². The first-order valence-corrected chi connectivity index (χ1v) is 6.77. The van der Waals surface area contributed by atoms with Crippen LogP contribution in [0.1, 0.15) is 44.3 Å². The first kappa shape index (κ1) is 14.0. The summed E-state index contributed by atoms with van der Waals surface area (Å²) in [6.07, 6.45) is 2.53. The Morgan fingerprint density at radius 3 is 2.89 bits per heavy atom. The van der Waals surface area contributed by atoms with Gasteiger partial charge in [-0.15, -0.1) is 0 Å². The van der Waals surface area contributed by atoms with Gasteiger partial charge < -0.3 is 10.4 Å². The van der Waals surface area contributed by atoms with E-state index in [-0.39, 0.29) is 18.4 Å². The van der Waals surface area contributed by atoms with Crippen molar-refractivity contribution in [2.45, 2.75) is 44.8 Å². The third-order valence-electron chi connectivity index (χ3n) is 3.40. The van der Waals surface area contributed by atoms with Gasteiger partial charge in [-0.25, -0.2) is 4.39 Å². The number of aliphatic hydroxyl groups is 1. The number of hydrogen-bond donors (Lipinski definition) is 2. The van der Waals surface area contributed by atoms with Gasteiger partial charge in [-0.3, -0.25) is 4.79 Å². The summed E-state index contributed by atoms with van der Waals surface area (Å²) < 4.78 is 13.0. The monoisotopic (exact) mass is 265 g/mol. The van der Waals surface area contributed by atoms with Crippen molar-refractivity contribution in [1.29, 1.82) is 0 Å². The Hall–Kier alpha value is -1.42. The van der Waals surface area contributed by atoms with Crippen molar-refractivity contribution in [3.63, 3.8) is 0 Å². The summed E-state index contributed by atoms with van der Waals surface area (Å²) in [5, 5.41) is 12.8. The Morgan fingerprint density at radius 2 is 2.26 bits per heavy atom. The molecule has 1 fully saturated rings. The highest BCUT2D eigenvalue weighted by molar-refractivity contribution is 5.76. The second-order valence-corrected chi connectivity index (χ2v) is 5.42. The topological polar surface area (TPSA) is 49.3 Å². The van der Waals surface area contributed by atoms with Crippen LogP contribution >= 0.6 is 0 Å². The van der Waals surface area contributed by atoms with E-state index in [9.17, 15) is 14.3 Å². The van der Waals surface area contributed by atoms with Crippen molar-refractivity contribution in [2.24, 2.45) is 5.92 Å². The van der Waals surface area contributed by atoms with Gasteiger partial charge in [0.05, 0.1) is 12.5 Å². The van der Waals surface area contributed by atoms with Crippen LogP contribution in [0.15, 0.2) is 24.3 Å². The van der Waals surface area contributed by atoms with Gasteiger partial charge in [0, 0.05) is 6.04 Å². The van der Waals surface area contributed by atoms with Gasteiger partial charge in [0.1, 0.15) is 5.82 Å². The summed E-state index contributed by atoms with van der Waals surface area (Å²) in [5.74, 6) is 0.160. The molecular formula is C15H20FNO2. The zero-order valence-corrected chi connectivity index (χ0v) is 11.1. The first-order valence-electron chi connectivity index (χ1n) is 6.77. The summed E-state index contributed by atoms with van der Waals surface area (Å²) in [7, 11) is 0. The highest BCUT2D eigenvalue weighted by atomic mass is 19.1. The maximum atomic E-state index is 13.0. The molecule has 0 heterocycles. The maximum absolute atomic E-state index is 13.0. The highest BCUT2D eigenvalue weighted by Crippen LogP contribution is 2.33. The molecule has 104 valence electrons. The summed E-state index contributed by atoms with van der Waals surface area (Å²) >= 11 is 0. The summed E-state index contributed by atoms with van der Waals surface area (Å²) in [6, 6.07) is 5.86. The van der Waals surface area contributed by atoms with Gasteiger partial charge in [-0.05, 0) is 37.0 Å². The van der Waals surface area contributed by atoms with Gasteiger partial charge in [0.25, 0.3) is 0 Å². The average Bonchev–Trinajstić information content (AvgIpc) is 3.12. The third-order valence-corrected chi connectivity index (χ3v) is 3.40. The van der Waals surface area contributed by atoms with Crippen LogP contribution in [-0.4, -0.2) is 17.1 Å². The molecule has 1 aromatic rings. The minimum atomic E-state index is -0.955. The number of halogens is 1. The third kappa shape index (κ3) is 4.63. The summed E-state index contributed by atoms with van der Waals surface area (Å²) in [6.45, 7) is 1.98. The fourth-order valence-corrected chi connectivity index (χ4v) is 2.25. The number of rotatable bonds is 6. The molecule has 2 atom stereocenters. The van der Waals surface area contributed by atoms with Crippen molar-refractivity contribution in [1.82, 2.24) is 5.32 Å². The van der Waals surface area contributed by atoms with Gasteiger partial charge >= 0.3 is 0 Å². The van der Waals surface area contributed by atoms with E-state index in [0.29, 0.717) is 5.56 Å². The largest absolute Gasteiger partial charge is 0.388 e. The number of amides is 1. The molecule has 1 amide bonds. The van der Waals surface area contributed by atoms with Crippen molar-refractivity contribution in [2.75, 3.05) is 0 Å². The lowest BCUT2D eigenvalue weighted by atomic mass is 10.1. The van der Waals surface area contributed by atoms with Crippen molar-refractivity contribution in [3.05, 3.63) is 35.6 Å². The van der Waals surface area contributed by atoms with Crippen LogP contribution in [0.25, 0.3) is 0 Å². The van der Waals surface area contributed by atoms with Gasteiger partial charge in [-0.2, -0.15) is 0 Å². The Balaban J connectivity index is 1.80. The Labute approximate surface area is 112 Å². The number of hydrogen-bond acceptors (Lipinski definition) is 2. The number of benzene rings is 1. The minimum absolute atomic E-state index is 0.0293. The maximum Gasteiger partial charge on any atom is 0.223 e. The molecule has 0 aliphatic heterocycles. The molecule has 2 N–H and O–H groups in total. The molecule has 19 heavy (non-hydrogen) atoms. The zero-order valence-electron chi connectivity index (χ0n) is 11.1. The Kier molecular flexibility index (Phi) is 4.53. The van der Waals surface area contributed by atoms with Gasteiger partial charge in [0.2, 0.25) is 5.91 Å². The standard InChI is InChI=1S/C15H20FNO2/c1-10(7-11-5-6-11)17-15(19)9-14(18)12-3-2-4-13(16)8-12/h2-4,8,10-11,14,18H,5-7,9H2,1H3,(H,17,19). The molecule has 0 spiro atoms. The molecule has 4 heteroatoms. The fourth-order valence-electron chi connectivity index (χ4n) is 2.25. The van der Waals surface area contributed by atoms with Crippen LogP contribution in [0.2, 0.25) is 0 Å². The van der Waals surface area contributed by atoms with E-state index in [4.69, 9.17) is 0 Å². The SMILES string of the molecule is CC(CC1CC1)NC(=O)CC(O)c1cccc(F)c1. The molecule has 1 saturated carbocycles. The number of carbonyl (C=O) groups is 1. The fraction of sp³-hybridized carbons (Fsp3) is 0.533. The second-order valence-electron chi connectivity index (χ2n) is 5.42. The van der Waals surface area contributed by atoms with Crippen molar-refractivity contribution >= 4 is 5.91 Å². The summed E-state index contributed by atoms with van der Waals surface area (Å²) in [4.78, 5) is 11.8. The number of aliphatic hydroxyl groups excluding tert-OH is 1. The Bertz CT molecular complexity index is 446. The van der Waals surface area contributed by atoms with Gasteiger partial charge in [-0.1, -0.05) is 25.0 Å². The molecule has 0 radical (unpaired) electrons. The lowest BCUT2D eigenvalue weighted by molar-refractivity contribution is -0.123. The Morgan fingerprint density at radius 1 is 1.53 bits per heavy atom. The molecular weight excluding hydrogens is 245 g/mol. The summed E-state index contributed by atoms with van der Waals surface area (Å²) in [5.41, 5.74) is 0.435. The molecule has 3 nitrogen and oxygen atoms in total. The van der Waals surface area contributed by atoms with E-state index < -0.39 is 11.9 Å². The first-order chi connectivity index (χ1) is 9.04. The molecule has 2 unspecified atom stereocenters. The lowest BCUT2D eigenvalue weighted by Crippen LogP contribution is -2.33. The molecule has 0 bridgehead atoms. The second kappa shape index (κ2) is 6.15. The van der Waals surface area contributed by atoms with E-state index in [1.54, 1.807) is 6.07 Å². The number of nitrogens with one attached hydrogen (secondary N) is 1. The van der Waals surface area contributed by atoms with Crippen LogP contribution in [0, 0.1) is 11.7 Å². The highest BCUT2D eigenvalue weighted by Gasteiger charge is 2.24. The van der Waals surface area contributed by atoms with E-state index >= 15 is 0 Å². The average molecular weight is 265 g/mol. The van der Waals surface area contributed by atoms with Gasteiger partial charge in [0.15, 0.2) is 0 Å². The molecule has 2 rings (SSSR count). The zero-order chi connectivity index (χ0) is 13.8. The van der Waals surface area contributed by atoms with Crippen LogP contribution in [0.4, 0.5) is 4.39 Å². The lowest BCUT2D eigenvalue weighted by Gasteiger charge is -2.15. The van der Waals surface area contributed by atoms with E-state index in [1.807, 2.05) is 6.92 Å². The minimum Gasteiger partial charge on any atom is -0.388 e. The van der Waals surface area contributed by atoms with Crippen LogP contribution < -0.4 is 5.32 Å². The smallest absolute Gasteiger partial charge is 0.223 e. The molecule has 1 aromatic carbocycles. The quantitative estimate of drug-likeness (QED) is 0.830. The van der Waals surface area contributed by atoms with Crippen molar-refractivity contribution < 1.29 is 14.3 Å². The predicted octanol–water partition coefficient (Wildman–Crippen LogP) is 2.55. The number of carbonyl (C=O) groups excluding carboxylic acids is 1. The normalized spacial score (nSPS) is 17.8. The molecule has 0 saturated heterocycles.